The first-order valence-electron chi connectivity index (χ1n) is 7.45. The van der Waals surface area contributed by atoms with E-state index in [9.17, 15) is 9.90 Å². The molecule has 24 heavy (non-hydrogen) atoms. The number of pyridine rings is 1. The van der Waals surface area contributed by atoms with E-state index in [1.54, 1.807) is 19.2 Å². The fourth-order valence-corrected chi connectivity index (χ4v) is 2.72. The number of carbonyl (C=O) groups is 1. The molecular formula is C19H17NO4. The van der Waals surface area contributed by atoms with Crippen molar-refractivity contribution >= 4 is 16.7 Å². The number of aromatic nitrogens is 1. The third-order valence-corrected chi connectivity index (χ3v) is 3.92. The van der Waals surface area contributed by atoms with Gasteiger partial charge < -0.3 is 14.6 Å². The number of carboxylic acids is 1. The molecule has 0 fully saturated rings. The van der Waals surface area contributed by atoms with Crippen LogP contribution in [0.3, 0.4) is 0 Å². The molecule has 0 radical (unpaired) electrons. The van der Waals surface area contributed by atoms with E-state index < -0.39 is 5.97 Å². The van der Waals surface area contributed by atoms with Crippen molar-refractivity contribution in [3.63, 3.8) is 0 Å². The third kappa shape index (κ3) is 2.88. The Labute approximate surface area is 139 Å². The molecule has 0 aliphatic rings. The van der Waals surface area contributed by atoms with Crippen LogP contribution in [-0.2, 0) is 6.42 Å². The van der Waals surface area contributed by atoms with Crippen molar-refractivity contribution in [2.75, 3.05) is 14.2 Å². The van der Waals surface area contributed by atoms with E-state index in [1.807, 2.05) is 30.3 Å². The summed E-state index contributed by atoms with van der Waals surface area (Å²) in [6, 6.07) is 13.4. The lowest BCUT2D eigenvalue weighted by molar-refractivity contribution is 0.0698. The highest BCUT2D eigenvalue weighted by atomic mass is 16.5. The number of hydrogen-bond acceptors (Lipinski definition) is 4. The Morgan fingerprint density at radius 1 is 1.04 bits per heavy atom. The minimum absolute atomic E-state index is 0.141. The molecule has 2 aromatic carbocycles. The number of nitrogens with zero attached hydrogens (tertiary/aromatic N) is 1. The molecule has 0 spiro atoms. The Bertz CT molecular complexity index is 891. The number of aromatic carboxylic acids is 1. The molecule has 0 amide bonds. The van der Waals surface area contributed by atoms with Crippen molar-refractivity contribution in [3.05, 3.63) is 65.5 Å². The number of benzene rings is 2. The van der Waals surface area contributed by atoms with E-state index in [0.29, 0.717) is 23.3 Å². The van der Waals surface area contributed by atoms with Crippen LogP contribution in [0.2, 0.25) is 0 Å². The summed E-state index contributed by atoms with van der Waals surface area (Å²) in [6.45, 7) is 0. The lowest BCUT2D eigenvalue weighted by atomic mass is 10.00. The average Bonchev–Trinajstić information content (AvgIpc) is 2.61. The molecule has 0 unspecified atom stereocenters. The van der Waals surface area contributed by atoms with Crippen molar-refractivity contribution in [2.24, 2.45) is 0 Å². The van der Waals surface area contributed by atoms with Gasteiger partial charge in [0.25, 0.3) is 0 Å². The van der Waals surface area contributed by atoms with Crippen LogP contribution in [0.4, 0.5) is 0 Å². The summed E-state index contributed by atoms with van der Waals surface area (Å²) >= 11 is 0. The van der Waals surface area contributed by atoms with Gasteiger partial charge in [0, 0.05) is 23.4 Å². The van der Waals surface area contributed by atoms with Gasteiger partial charge in [0.1, 0.15) is 0 Å². The zero-order valence-corrected chi connectivity index (χ0v) is 13.4. The lowest BCUT2D eigenvalue weighted by Gasteiger charge is -2.13. The van der Waals surface area contributed by atoms with Crippen LogP contribution in [0.5, 0.6) is 11.5 Å². The molecule has 0 aliphatic carbocycles. The second-order valence-electron chi connectivity index (χ2n) is 5.34. The predicted octanol–water partition coefficient (Wildman–Crippen LogP) is 3.54. The number of methoxy groups -OCH3 is 2. The van der Waals surface area contributed by atoms with Crippen molar-refractivity contribution in [2.45, 2.75) is 6.42 Å². The molecule has 5 nitrogen and oxygen atoms in total. The Morgan fingerprint density at radius 2 is 1.67 bits per heavy atom. The number of fused-ring (bicyclic) bond motifs is 1. The fraction of sp³-hybridized carbons (Fsp3) is 0.158. The van der Waals surface area contributed by atoms with Gasteiger partial charge in [-0.2, -0.15) is 0 Å². The Kier molecular flexibility index (Phi) is 4.33. The molecule has 3 rings (SSSR count). The Balaban J connectivity index is 2.23. The van der Waals surface area contributed by atoms with E-state index in [-0.39, 0.29) is 5.56 Å². The highest BCUT2D eigenvalue weighted by Crippen LogP contribution is 2.35. The van der Waals surface area contributed by atoms with E-state index >= 15 is 0 Å². The molecule has 0 saturated carbocycles. The van der Waals surface area contributed by atoms with Gasteiger partial charge in [0.05, 0.1) is 25.5 Å². The Morgan fingerprint density at radius 3 is 2.25 bits per heavy atom. The number of hydrogen-bond donors (Lipinski definition) is 1. The largest absolute Gasteiger partial charge is 0.493 e. The minimum Gasteiger partial charge on any atom is -0.493 e. The van der Waals surface area contributed by atoms with Crippen molar-refractivity contribution in [1.82, 2.24) is 4.98 Å². The van der Waals surface area contributed by atoms with E-state index in [0.717, 1.165) is 16.6 Å². The summed E-state index contributed by atoms with van der Waals surface area (Å²) in [5, 5.41) is 10.8. The van der Waals surface area contributed by atoms with Crippen LogP contribution in [0.1, 0.15) is 21.6 Å². The SMILES string of the molecule is COc1cc2c(C(=O)O)cnc(Cc3ccccc3)c2cc1OC. The smallest absolute Gasteiger partial charge is 0.337 e. The van der Waals surface area contributed by atoms with Crippen LogP contribution < -0.4 is 9.47 Å². The second kappa shape index (κ2) is 6.58. The quantitative estimate of drug-likeness (QED) is 0.778. The van der Waals surface area contributed by atoms with Crippen molar-refractivity contribution < 1.29 is 19.4 Å². The zero-order chi connectivity index (χ0) is 17.1. The zero-order valence-electron chi connectivity index (χ0n) is 13.4. The van der Waals surface area contributed by atoms with Gasteiger partial charge in [0.15, 0.2) is 11.5 Å². The average molecular weight is 323 g/mol. The molecule has 0 aliphatic heterocycles. The molecule has 5 heteroatoms. The summed E-state index contributed by atoms with van der Waals surface area (Å²) in [4.78, 5) is 15.9. The number of carboxylic acid groups (broad SMARTS) is 1. The standard InChI is InChI=1S/C19H17NO4/c1-23-17-9-13-14(10-18(17)24-2)16(20-11-15(13)19(21)22)8-12-6-4-3-5-7-12/h3-7,9-11H,8H2,1-2H3,(H,21,22). The van der Waals surface area contributed by atoms with Gasteiger partial charge in [-0.15, -0.1) is 0 Å². The molecule has 0 saturated heterocycles. The fourth-order valence-electron chi connectivity index (χ4n) is 2.72. The van der Waals surface area contributed by atoms with Crippen LogP contribution in [-0.4, -0.2) is 30.3 Å². The summed E-state index contributed by atoms with van der Waals surface area (Å²) in [7, 11) is 3.07. The van der Waals surface area contributed by atoms with Gasteiger partial charge in [-0.1, -0.05) is 30.3 Å². The first-order chi connectivity index (χ1) is 11.6. The summed E-state index contributed by atoms with van der Waals surface area (Å²) < 4.78 is 10.6. The van der Waals surface area contributed by atoms with Crippen LogP contribution in [0.15, 0.2) is 48.7 Å². The number of ether oxygens (including phenoxy) is 2. The van der Waals surface area contributed by atoms with E-state index in [2.05, 4.69) is 4.98 Å². The molecule has 1 N–H and O–H groups in total. The first-order valence-corrected chi connectivity index (χ1v) is 7.45. The molecular weight excluding hydrogens is 306 g/mol. The van der Waals surface area contributed by atoms with E-state index in [4.69, 9.17) is 9.47 Å². The minimum atomic E-state index is -1.02. The van der Waals surface area contributed by atoms with Gasteiger partial charge in [-0.05, 0) is 17.7 Å². The highest BCUT2D eigenvalue weighted by molar-refractivity contribution is 6.05. The topological polar surface area (TPSA) is 68.7 Å². The van der Waals surface area contributed by atoms with Crippen LogP contribution in [0.25, 0.3) is 10.8 Å². The predicted molar refractivity (Wildman–Crippen MR) is 91.1 cm³/mol. The monoisotopic (exact) mass is 323 g/mol. The normalized spacial score (nSPS) is 10.6. The molecule has 0 atom stereocenters. The summed E-state index contributed by atoms with van der Waals surface area (Å²) in [5.74, 6) is 0.0130. The summed E-state index contributed by atoms with van der Waals surface area (Å²) in [6.07, 6.45) is 2.00. The number of rotatable bonds is 5. The van der Waals surface area contributed by atoms with Crippen molar-refractivity contribution in [1.29, 1.82) is 0 Å². The third-order valence-electron chi connectivity index (χ3n) is 3.92. The highest BCUT2D eigenvalue weighted by Gasteiger charge is 2.17. The van der Waals surface area contributed by atoms with Gasteiger partial charge in [-0.3, -0.25) is 4.98 Å². The molecule has 1 heterocycles. The molecule has 0 bridgehead atoms. The maximum absolute atomic E-state index is 11.5. The van der Waals surface area contributed by atoms with Gasteiger partial charge in [-0.25, -0.2) is 4.79 Å². The van der Waals surface area contributed by atoms with Crippen LogP contribution in [0, 0.1) is 0 Å². The van der Waals surface area contributed by atoms with Crippen LogP contribution >= 0.6 is 0 Å². The summed E-state index contributed by atoms with van der Waals surface area (Å²) in [5.41, 5.74) is 2.04. The van der Waals surface area contributed by atoms with Crippen molar-refractivity contribution in [3.8, 4) is 11.5 Å². The second-order valence-corrected chi connectivity index (χ2v) is 5.34. The maximum atomic E-state index is 11.5. The van der Waals surface area contributed by atoms with Gasteiger partial charge >= 0.3 is 5.97 Å². The first kappa shape index (κ1) is 15.8. The van der Waals surface area contributed by atoms with Gasteiger partial charge in [0.2, 0.25) is 0 Å². The molecule has 3 aromatic rings. The molecule has 122 valence electrons. The van der Waals surface area contributed by atoms with E-state index in [1.165, 1.54) is 13.3 Å². The Hall–Kier alpha value is -3.08. The molecule has 1 aromatic heterocycles. The maximum Gasteiger partial charge on any atom is 0.337 e. The lowest BCUT2D eigenvalue weighted by Crippen LogP contribution is -2.03.